The Kier molecular flexibility index (Phi) is 3.55. The van der Waals surface area contributed by atoms with E-state index >= 15 is 0 Å². The minimum absolute atomic E-state index is 0.0896. The Hall–Kier alpha value is -2.70. The fourth-order valence-corrected chi connectivity index (χ4v) is 3.36. The number of amides is 1. The molecule has 2 fully saturated rings. The van der Waals surface area contributed by atoms with Crippen molar-refractivity contribution < 1.29 is 9.32 Å². The van der Waals surface area contributed by atoms with Crippen LogP contribution in [0.2, 0.25) is 0 Å². The van der Waals surface area contributed by atoms with E-state index in [4.69, 9.17) is 4.52 Å². The minimum Gasteiger partial charge on any atom is -0.350 e. The summed E-state index contributed by atoms with van der Waals surface area (Å²) >= 11 is 0. The number of carbonyl (C=O) groups is 1. The molecule has 0 atom stereocenters. The van der Waals surface area contributed by atoms with Crippen LogP contribution in [0.5, 0.6) is 0 Å². The Bertz CT molecular complexity index is 981. The van der Waals surface area contributed by atoms with Gasteiger partial charge in [-0.25, -0.2) is 4.98 Å². The molecular formula is C19H21N5O2. The molecule has 7 nitrogen and oxygen atoms in total. The molecule has 2 aliphatic carbocycles. The van der Waals surface area contributed by atoms with Gasteiger partial charge in [-0.1, -0.05) is 5.16 Å². The number of carbonyl (C=O) groups excluding carboxylic acids is 1. The van der Waals surface area contributed by atoms with Crippen LogP contribution in [0.25, 0.3) is 11.1 Å². The second kappa shape index (κ2) is 5.93. The van der Waals surface area contributed by atoms with Crippen molar-refractivity contribution in [1.29, 1.82) is 0 Å². The van der Waals surface area contributed by atoms with Gasteiger partial charge >= 0.3 is 0 Å². The lowest BCUT2D eigenvalue weighted by Gasteiger charge is -2.08. The van der Waals surface area contributed by atoms with Gasteiger partial charge in [-0.3, -0.25) is 9.48 Å². The summed E-state index contributed by atoms with van der Waals surface area (Å²) < 4.78 is 7.32. The van der Waals surface area contributed by atoms with Gasteiger partial charge in [0.15, 0.2) is 0 Å². The zero-order valence-electron chi connectivity index (χ0n) is 14.7. The predicted octanol–water partition coefficient (Wildman–Crippen LogP) is 2.91. The van der Waals surface area contributed by atoms with Gasteiger partial charge in [0.1, 0.15) is 0 Å². The third-order valence-corrected chi connectivity index (χ3v) is 5.10. The van der Waals surface area contributed by atoms with Crippen LogP contribution in [0.3, 0.4) is 0 Å². The third-order valence-electron chi connectivity index (χ3n) is 5.10. The molecule has 3 aromatic heterocycles. The molecule has 0 aliphatic heterocycles. The smallest absolute Gasteiger partial charge is 0.259 e. The molecular weight excluding hydrogens is 330 g/mol. The third kappa shape index (κ3) is 2.87. The molecule has 3 heterocycles. The van der Waals surface area contributed by atoms with E-state index in [0.717, 1.165) is 48.2 Å². The van der Waals surface area contributed by atoms with Gasteiger partial charge < -0.3 is 9.84 Å². The van der Waals surface area contributed by atoms with Crippen molar-refractivity contribution in [1.82, 2.24) is 25.2 Å². The molecule has 5 rings (SSSR count). The summed E-state index contributed by atoms with van der Waals surface area (Å²) in [6, 6.07) is 3.89. The molecule has 2 aliphatic rings. The molecule has 3 aromatic rings. The van der Waals surface area contributed by atoms with Crippen molar-refractivity contribution in [2.24, 2.45) is 0 Å². The van der Waals surface area contributed by atoms with Crippen LogP contribution in [-0.2, 0) is 6.54 Å². The summed E-state index contributed by atoms with van der Waals surface area (Å²) in [7, 11) is 0. The average Bonchev–Trinajstić information content (AvgIpc) is 3.56. The number of nitrogens with zero attached hydrogens (tertiary/aromatic N) is 4. The van der Waals surface area contributed by atoms with Gasteiger partial charge in [-0.05, 0) is 44.7 Å². The fraction of sp³-hybridized carbons (Fsp3) is 0.474. The van der Waals surface area contributed by atoms with Gasteiger partial charge in [0.2, 0.25) is 0 Å². The number of aryl methyl sites for hydroxylation is 1. The topological polar surface area (TPSA) is 85.8 Å². The summed E-state index contributed by atoms with van der Waals surface area (Å²) in [5.41, 5.74) is 3.96. The molecule has 2 saturated carbocycles. The summed E-state index contributed by atoms with van der Waals surface area (Å²) in [4.78, 5) is 17.5. The van der Waals surface area contributed by atoms with Crippen molar-refractivity contribution >= 4 is 17.0 Å². The molecule has 134 valence electrons. The van der Waals surface area contributed by atoms with Gasteiger partial charge in [-0.2, -0.15) is 5.10 Å². The maximum Gasteiger partial charge on any atom is 0.259 e. The molecule has 0 aromatic carbocycles. The number of hydrogen-bond acceptors (Lipinski definition) is 5. The average molecular weight is 351 g/mol. The number of fused-ring (bicyclic) bond motifs is 1. The Balaban J connectivity index is 1.42. The van der Waals surface area contributed by atoms with E-state index in [1.165, 1.54) is 0 Å². The molecule has 26 heavy (non-hydrogen) atoms. The summed E-state index contributed by atoms with van der Waals surface area (Å²) in [6.07, 6.45) is 6.38. The molecule has 0 bridgehead atoms. The zero-order valence-corrected chi connectivity index (χ0v) is 14.7. The molecule has 0 spiro atoms. The fourth-order valence-electron chi connectivity index (χ4n) is 3.36. The maximum absolute atomic E-state index is 12.9. The standard InChI is InChI=1S/C19H21N5O2/c1-11-6-8-24(22-11)9-7-20-18(25)14-10-15(12-2-3-12)21-19-16(14)17(23-26-19)13-4-5-13/h6,8,10,12-13H,2-5,7,9H2,1H3,(H,20,25). The van der Waals surface area contributed by atoms with Crippen LogP contribution in [0.4, 0.5) is 0 Å². The van der Waals surface area contributed by atoms with Crippen LogP contribution in [0.1, 0.15) is 65.0 Å². The largest absolute Gasteiger partial charge is 0.350 e. The summed E-state index contributed by atoms with van der Waals surface area (Å²) in [6.45, 7) is 3.11. The van der Waals surface area contributed by atoms with Crippen molar-refractivity contribution in [2.45, 2.75) is 51.0 Å². The highest BCUT2D eigenvalue weighted by Crippen LogP contribution is 2.45. The lowest BCUT2D eigenvalue weighted by molar-refractivity contribution is 0.0953. The molecule has 0 unspecified atom stereocenters. The van der Waals surface area contributed by atoms with E-state index in [9.17, 15) is 4.79 Å². The number of rotatable bonds is 6. The predicted molar refractivity (Wildman–Crippen MR) is 95.1 cm³/mol. The van der Waals surface area contributed by atoms with Crippen molar-refractivity contribution in [3.63, 3.8) is 0 Å². The van der Waals surface area contributed by atoms with E-state index in [2.05, 4.69) is 20.6 Å². The van der Waals surface area contributed by atoms with Crippen molar-refractivity contribution in [3.8, 4) is 0 Å². The number of pyridine rings is 1. The van der Waals surface area contributed by atoms with Crippen LogP contribution in [0, 0.1) is 6.92 Å². The minimum atomic E-state index is -0.0896. The Morgan fingerprint density at radius 1 is 1.31 bits per heavy atom. The van der Waals surface area contributed by atoms with Gasteiger partial charge in [-0.15, -0.1) is 0 Å². The van der Waals surface area contributed by atoms with E-state index in [1.807, 2.05) is 29.9 Å². The highest BCUT2D eigenvalue weighted by Gasteiger charge is 2.34. The lowest BCUT2D eigenvalue weighted by atomic mass is 10.1. The Labute approximate surface area is 150 Å². The monoisotopic (exact) mass is 351 g/mol. The first-order valence-corrected chi connectivity index (χ1v) is 9.27. The zero-order chi connectivity index (χ0) is 17.7. The van der Waals surface area contributed by atoms with Crippen LogP contribution in [0.15, 0.2) is 22.9 Å². The highest BCUT2D eigenvalue weighted by molar-refractivity contribution is 6.06. The SMILES string of the molecule is Cc1ccn(CCNC(=O)c2cc(C3CC3)nc3onc(C4CC4)c23)n1. The summed E-state index contributed by atoms with van der Waals surface area (Å²) in [5, 5.41) is 12.4. The number of nitrogens with one attached hydrogen (secondary N) is 1. The van der Waals surface area contributed by atoms with E-state index in [1.54, 1.807) is 0 Å². The van der Waals surface area contributed by atoms with Crippen molar-refractivity contribution in [3.05, 3.63) is 41.0 Å². The first kappa shape index (κ1) is 15.5. The maximum atomic E-state index is 12.9. The van der Waals surface area contributed by atoms with Crippen LogP contribution >= 0.6 is 0 Å². The van der Waals surface area contributed by atoms with E-state index in [-0.39, 0.29) is 5.91 Å². The van der Waals surface area contributed by atoms with Crippen LogP contribution in [-0.4, -0.2) is 32.4 Å². The second-order valence-electron chi connectivity index (χ2n) is 7.37. The Morgan fingerprint density at radius 3 is 2.81 bits per heavy atom. The first-order chi connectivity index (χ1) is 12.7. The molecule has 0 saturated heterocycles. The Morgan fingerprint density at radius 2 is 2.12 bits per heavy atom. The van der Waals surface area contributed by atoms with E-state index < -0.39 is 0 Å². The number of hydrogen-bond donors (Lipinski definition) is 1. The quantitative estimate of drug-likeness (QED) is 0.738. The highest BCUT2D eigenvalue weighted by atomic mass is 16.5. The molecule has 1 N–H and O–H groups in total. The molecule has 7 heteroatoms. The van der Waals surface area contributed by atoms with Gasteiger partial charge in [0.05, 0.1) is 28.9 Å². The summed E-state index contributed by atoms with van der Waals surface area (Å²) in [5.74, 6) is 0.768. The van der Waals surface area contributed by atoms with E-state index in [0.29, 0.717) is 36.2 Å². The van der Waals surface area contributed by atoms with Crippen LogP contribution < -0.4 is 5.32 Å². The first-order valence-electron chi connectivity index (χ1n) is 9.27. The van der Waals surface area contributed by atoms with Crippen molar-refractivity contribution in [2.75, 3.05) is 6.54 Å². The molecule has 1 amide bonds. The second-order valence-corrected chi connectivity index (χ2v) is 7.37. The normalized spacial score (nSPS) is 17.0. The molecule has 0 radical (unpaired) electrons. The lowest BCUT2D eigenvalue weighted by Crippen LogP contribution is -2.28. The van der Waals surface area contributed by atoms with Gasteiger partial charge in [0, 0.05) is 30.3 Å². The number of aromatic nitrogens is 4. The van der Waals surface area contributed by atoms with Gasteiger partial charge in [0.25, 0.3) is 11.6 Å².